The Kier molecular flexibility index (Phi) is 5.43. The molecule has 4 aromatic rings. The van der Waals surface area contributed by atoms with Crippen LogP contribution in [0.4, 0.5) is 5.13 Å². The van der Waals surface area contributed by atoms with E-state index in [-0.39, 0.29) is 5.91 Å². The van der Waals surface area contributed by atoms with E-state index in [0.29, 0.717) is 21.5 Å². The smallest absolute Gasteiger partial charge is 0.261 e. The molecular weight excluding hydrogens is 412 g/mol. The summed E-state index contributed by atoms with van der Waals surface area (Å²) in [4.78, 5) is 19.6. The van der Waals surface area contributed by atoms with E-state index in [0.717, 1.165) is 21.0 Å². The van der Waals surface area contributed by atoms with E-state index in [1.807, 2.05) is 47.8 Å². The van der Waals surface area contributed by atoms with Gasteiger partial charge in [-0.05, 0) is 35.2 Å². The third-order valence-corrected chi connectivity index (χ3v) is 6.18. The zero-order chi connectivity index (χ0) is 19.5. The Morgan fingerprint density at radius 2 is 1.93 bits per heavy atom. The summed E-state index contributed by atoms with van der Waals surface area (Å²) < 4.78 is 5.28. The van der Waals surface area contributed by atoms with Gasteiger partial charge in [-0.3, -0.25) is 10.1 Å². The minimum absolute atomic E-state index is 0.314. The summed E-state index contributed by atoms with van der Waals surface area (Å²) in [6, 6.07) is 19.0. The molecule has 4 nitrogen and oxygen atoms in total. The van der Waals surface area contributed by atoms with Gasteiger partial charge >= 0.3 is 0 Å². The van der Waals surface area contributed by atoms with Crippen molar-refractivity contribution in [2.24, 2.45) is 0 Å². The molecule has 0 saturated heterocycles. The molecule has 28 heavy (non-hydrogen) atoms. The number of carbonyl (C=O) groups is 1. The molecule has 0 fully saturated rings. The Balaban J connectivity index is 1.71. The predicted octanol–water partition coefficient (Wildman–Crippen LogP) is 6.45. The number of carbonyl (C=O) groups excluding carboxylic acids is 1. The van der Waals surface area contributed by atoms with Gasteiger partial charge in [0.2, 0.25) is 0 Å². The van der Waals surface area contributed by atoms with E-state index in [9.17, 15) is 4.79 Å². The summed E-state index contributed by atoms with van der Waals surface area (Å²) >= 11 is 9.11. The minimum atomic E-state index is -0.314. The highest BCUT2D eigenvalue weighted by Gasteiger charge is 2.19. The van der Waals surface area contributed by atoms with Crippen LogP contribution in [0.3, 0.4) is 0 Å². The molecule has 0 radical (unpaired) electrons. The van der Waals surface area contributed by atoms with Gasteiger partial charge in [0.1, 0.15) is 11.4 Å². The quantitative estimate of drug-likeness (QED) is 0.398. The van der Waals surface area contributed by atoms with Crippen molar-refractivity contribution < 1.29 is 9.53 Å². The van der Waals surface area contributed by atoms with Crippen molar-refractivity contribution in [3.63, 3.8) is 0 Å². The highest BCUT2D eigenvalue weighted by molar-refractivity contribution is 7.20. The first-order valence-corrected chi connectivity index (χ1v) is 10.5. The lowest BCUT2D eigenvalue weighted by Gasteiger charge is -2.08. The second-order valence-electron chi connectivity index (χ2n) is 5.84. The highest BCUT2D eigenvalue weighted by atomic mass is 35.5. The molecule has 0 aliphatic heterocycles. The SMILES string of the molecule is COc1ccc(Cl)cc1C(=O)Nc1nc(-c2cccs2)c(-c2ccccc2)s1. The number of anilines is 1. The van der Waals surface area contributed by atoms with Crippen molar-refractivity contribution in [2.45, 2.75) is 0 Å². The van der Waals surface area contributed by atoms with Gasteiger partial charge in [0, 0.05) is 5.02 Å². The van der Waals surface area contributed by atoms with Crippen LogP contribution < -0.4 is 10.1 Å². The number of hydrogen-bond donors (Lipinski definition) is 1. The molecule has 0 saturated carbocycles. The topological polar surface area (TPSA) is 51.2 Å². The molecule has 0 aliphatic rings. The fourth-order valence-electron chi connectivity index (χ4n) is 2.76. The van der Waals surface area contributed by atoms with E-state index in [2.05, 4.69) is 5.32 Å². The molecule has 0 bridgehead atoms. The molecule has 2 aromatic carbocycles. The van der Waals surface area contributed by atoms with Crippen LogP contribution in [-0.2, 0) is 0 Å². The largest absolute Gasteiger partial charge is 0.496 e. The van der Waals surface area contributed by atoms with Crippen LogP contribution in [0, 0.1) is 0 Å². The molecule has 1 N–H and O–H groups in total. The predicted molar refractivity (Wildman–Crippen MR) is 117 cm³/mol. The van der Waals surface area contributed by atoms with Gasteiger partial charge < -0.3 is 4.74 Å². The minimum Gasteiger partial charge on any atom is -0.496 e. The molecule has 4 rings (SSSR count). The molecule has 140 valence electrons. The van der Waals surface area contributed by atoms with E-state index >= 15 is 0 Å². The summed E-state index contributed by atoms with van der Waals surface area (Å²) in [6.45, 7) is 0. The standard InChI is InChI=1S/C21H15ClN2O2S2/c1-26-16-10-9-14(22)12-15(16)20(25)24-21-23-18(17-8-5-11-27-17)19(28-21)13-6-3-2-4-7-13/h2-12H,1H3,(H,23,24,25). The lowest BCUT2D eigenvalue weighted by Crippen LogP contribution is -2.13. The number of nitrogens with one attached hydrogen (secondary N) is 1. The number of nitrogens with zero attached hydrogens (tertiary/aromatic N) is 1. The Morgan fingerprint density at radius 1 is 1.11 bits per heavy atom. The number of amides is 1. The van der Waals surface area contributed by atoms with Crippen molar-refractivity contribution >= 4 is 45.3 Å². The van der Waals surface area contributed by atoms with Gasteiger partial charge in [0.25, 0.3) is 5.91 Å². The first-order chi connectivity index (χ1) is 13.7. The van der Waals surface area contributed by atoms with Gasteiger partial charge in [-0.15, -0.1) is 11.3 Å². The number of benzene rings is 2. The Labute approximate surface area is 175 Å². The van der Waals surface area contributed by atoms with Gasteiger partial charge in [-0.25, -0.2) is 4.98 Å². The normalized spacial score (nSPS) is 10.6. The van der Waals surface area contributed by atoms with Crippen LogP contribution in [0.5, 0.6) is 5.75 Å². The second kappa shape index (κ2) is 8.14. The van der Waals surface area contributed by atoms with E-state index in [4.69, 9.17) is 21.3 Å². The second-order valence-corrected chi connectivity index (χ2v) is 8.22. The molecule has 0 spiro atoms. The maximum atomic E-state index is 12.8. The molecule has 1 amide bonds. The molecule has 0 aliphatic carbocycles. The summed E-state index contributed by atoms with van der Waals surface area (Å²) in [6.07, 6.45) is 0. The average molecular weight is 427 g/mol. The molecule has 2 heterocycles. The molecule has 0 atom stereocenters. The number of thiazole rings is 1. The third-order valence-electron chi connectivity index (χ3n) is 4.04. The lowest BCUT2D eigenvalue weighted by molar-refractivity contribution is 0.102. The maximum absolute atomic E-state index is 12.8. The van der Waals surface area contributed by atoms with Crippen LogP contribution >= 0.6 is 34.3 Å². The monoisotopic (exact) mass is 426 g/mol. The number of halogens is 1. The number of hydrogen-bond acceptors (Lipinski definition) is 5. The van der Waals surface area contributed by atoms with Crippen LogP contribution in [0.15, 0.2) is 66.0 Å². The average Bonchev–Trinajstić information content (AvgIpc) is 3.38. The van der Waals surface area contributed by atoms with Gasteiger partial charge in [0.15, 0.2) is 5.13 Å². The summed E-state index contributed by atoms with van der Waals surface area (Å²) in [5.74, 6) is 0.144. The molecule has 0 unspecified atom stereocenters. The van der Waals surface area contributed by atoms with E-state index < -0.39 is 0 Å². The van der Waals surface area contributed by atoms with E-state index in [1.54, 1.807) is 29.5 Å². The summed E-state index contributed by atoms with van der Waals surface area (Å²) in [5, 5.41) is 5.89. The van der Waals surface area contributed by atoms with Crippen molar-refractivity contribution in [1.82, 2.24) is 4.98 Å². The lowest BCUT2D eigenvalue weighted by atomic mass is 10.1. The first kappa shape index (κ1) is 18.7. The molecule has 7 heteroatoms. The van der Waals surface area contributed by atoms with E-state index in [1.165, 1.54) is 18.4 Å². The Hall–Kier alpha value is -2.67. The van der Waals surface area contributed by atoms with Crippen LogP contribution in [0.2, 0.25) is 5.02 Å². The summed E-state index contributed by atoms with van der Waals surface area (Å²) in [7, 11) is 1.52. The van der Waals surface area contributed by atoms with Crippen molar-refractivity contribution in [3.05, 3.63) is 76.6 Å². The number of methoxy groups -OCH3 is 1. The zero-order valence-corrected chi connectivity index (χ0v) is 17.2. The van der Waals surface area contributed by atoms with Gasteiger partial charge in [-0.2, -0.15) is 0 Å². The zero-order valence-electron chi connectivity index (χ0n) is 14.8. The van der Waals surface area contributed by atoms with Crippen molar-refractivity contribution in [1.29, 1.82) is 0 Å². The Morgan fingerprint density at radius 3 is 2.64 bits per heavy atom. The highest BCUT2D eigenvalue weighted by Crippen LogP contribution is 2.40. The molecular formula is C21H15ClN2O2S2. The van der Waals surface area contributed by atoms with Crippen molar-refractivity contribution in [2.75, 3.05) is 12.4 Å². The fourth-order valence-corrected chi connectivity index (χ4v) is 4.70. The number of rotatable bonds is 5. The van der Waals surface area contributed by atoms with Crippen LogP contribution in [0.25, 0.3) is 21.0 Å². The van der Waals surface area contributed by atoms with Crippen LogP contribution in [0.1, 0.15) is 10.4 Å². The summed E-state index contributed by atoms with van der Waals surface area (Å²) in [5.41, 5.74) is 2.29. The first-order valence-electron chi connectivity index (χ1n) is 8.40. The van der Waals surface area contributed by atoms with Crippen LogP contribution in [-0.4, -0.2) is 18.0 Å². The molecule has 2 aromatic heterocycles. The maximum Gasteiger partial charge on any atom is 0.261 e. The third kappa shape index (κ3) is 3.80. The number of aromatic nitrogens is 1. The van der Waals surface area contributed by atoms with Gasteiger partial charge in [0.05, 0.1) is 22.4 Å². The Bertz CT molecular complexity index is 1110. The van der Waals surface area contributed by atoms with Crippen molar-refractivity contribution in [3.8, 4) is 26.8 Å². The fraction of sp³-hybridized carbons (Fsp3) is 0.0476. The van der Waals surface area contributed by atoms with Gasteiger partial charge in [-0.1, -0.05) is 59.3 Å². The number of thiophene rings is 1. The number of ether oxygens (including phenoxy) is 1.